The fraction of sp³-hybridized carbons (Fsp3) is 0.321. The summed E-state index contributed by atoms with van der Waals surface area (Å²) in [6.45, 7) is 5.55. The highest BCUT2D eigenvalue weighted by atomic mass is 19.1. The van der Waals surface area contributed by atoms with Crippen LogP contribution >= 0.6 is 0 Å². The summed E-state index contributed by atoms with van der Waals surface area (Å²) in [7, 11) is 0. The molecule has 3 aromatic carbocycles. The molecular weight excluding hydrogens is 432 g/mol. The molecule has 6 heteroatoms. The van der Waals surface area contributed by atoms with Crippen LogP contribution in [0.5, 0.6) is 0 Å². The van der Waals surface area contributed by atoms with Gasteiger partial charge in [-0.3, -0.25) is 9.69 Å². The Morgan fingerprint density at radius 3 is 2.56 bits per heavy atom. The van der Waals surface area contributed by atoms with E-state index in [1.54, 1.807) is 6.07 Å². The van der Waals surface area contributed by atoms with Crippen molar-refractivity contribution in [1.29, 1.82) is 0 Å². The van der Waals surface area contributed by atoms with Gasteiger partial charge in [-0.05, 0) is 78.4 Å². The normalized spacial score (nSPS) is 15.7. The van der Waals surface area contributed by atoms with Crippen molar-refractivity contribution in [3.63, 3.8) is 0 Å². The van der Waals surface area contributed by atoms with Crippen molar-refractivity contribution in [3.8, 4) is 0 Å². The van der Waals surface area contributed by atoms with E-state index in [4.69, 9.17) is 0 Å². The molecule has 1 aliphatic rings. The predicted molar refractivity (Wildman–Crippen MR) is 131 cm³/mol. The SMILES string of the molecule is CCNC(=O)c1cccc(CNCCN2Cc3ccc(F)cc3CC2Cc2ccc(F)cc2)c1. The molecule has 2 N–H and O–H groups in total. The van der Waals surface area contributed by atoms with Crippen molar-refractivity contribution in [3.05, 3.63) is 106 Å². The molecule has 1 unspecified atom stereocenters. The quantitative estimate of drug-likeness (QED) is 0.460. The van der Waals surface area contributed by atoms with Gasteiger partial charge in [-0.25, -0.2) is 8.78 Å². The average Bonchev–Trinajstić information content (AvgIpc) is 2.84. The van der Waals surface area contributed by atoms with Crippen LogP contribution in [0.1, 0.15) is 39.5 Å². The molecule has 34 heavy (non-hydrogen) atoms. The van der Waals surface area contributed by atoms with Gasteiger partial charge in [0.15, 0.2) is 0 Å². The number of hydrogen-bond donors (Lipinski definition) is 2. The van der Waals surface area contributed by atoms with Gasteiger partial charge in [-0.1, -0.05) is 30.3 Å². The van der Waals surface area contributed by atoms with Gasteiger partial charge in [-0.15, -0.1) is 0 Å². The van der Waals surface area contributed by atoms with E-state index in [-0.39, 0.29) is 23.6 Å². The molecule has 4 nitrogen and oxygen atoms in total. The number of fused-ring (bicyclic) bond motifs is 1. The van der Waals surface area contributed by atoms with Gasteiger partial charge in [-0.2, -0.15) is 0 Å². The van der Waals surface area contributed by atoms with Crippen LogP contribution in [0, 0.1) is 11.6 Å². The number of benzene rings is 3. The van der Waals surface area contributed by atoms with Gasteiger partial charge in [0.05, 0.1) is 0 Å². The first kappa shape index (κ1) is 24.0. The molecule has 0 fully saturated rings. The van der Waals surface area contributed by atoms with Crippen LogP contribution in [0.3, 0.4) is 0 Å². The molecule has 1 heterocycles. The molecule has 4 rings (SSSR count). The molecule has 0 aliphatic carbocycles. The number of carbonyl (C=O) groups excluding carboxylic acids is 1. The Hall–Kier alpha value is -3.09. The second-order valence-electron chi connectivity index (χ2n) is 8.81. The molecule has 0 aromatic heterocycles. The largest absolute Gasteiger partial charge is 0.352 e. The van der Waals surface area contributed by atoms with E-state index in [9.17, 15) is 13.6 Å². The Kier molecular flexibility index (Phi) is 8.03. The van der Waals surface area contributed by atoms with E-state index in [1.807, 2.05) is 49.4 Å². The minimum atomic E-state index is -0.239. The van der Waals surface area contributed by atoms with Crippen LogP contribution in [0.4, 0.5) is 8.78 Å². The number of nitrogens with one attached hydrogen (secondary N) is 2. The van der Waals surface area contributed by atoms with Crippen molar-refractivity contribution in [2.75, 3.05) is 19.6 Å². The lowest BCUT2D eigenvalue weighted by molar-refractivity contribution is 0.0955. The zero-order chi connectivity index (χ0) is 23.9. The van der Waals surface area contributed by atoms with E-state index >= 15 is 0 Å². The minimum absolute atomic E-state index is 0.0589. The fourth-order valence-electron chi connectivity index (χ4n) is 4.57. The smallest absolute Gasteiger partial charge is 0.251 e. The molecule has 3 aromatic rings. The molecule has 178 valence electrons. The van der Waals surface area contributed by atoms with Crippen molar-refractivity contribution >= 4 is 5.91 Å². The number of nitrogens with zero attached hydrogens (tertiary/aromatic N) is 1. The van der Waals surface area contributed by atoms with Crippen LogP contribution in [0.25, 0.3) is 0 Å². The number of carbonyl (C=O) groups is 1. The zero-order valence-corrected chi connectivity index (χ0v) is 19.5. The summed E-state index contributed by atoms with van der Waals surface area (Å²) in [5, 5.41) is 6.32. The van der Waals surface area contributed by atoms with Gasteiger partial charge in [0, 0.05) is 44.3 Å². The highest BCUT2D eigenvalue weighted by Crippen LogP contribution is 2.26. The first-order valence-electron chi connectivity index (χ1n) is 11.9. The van der Waals surface area contributed by atoms with E-state index in [0.29, 0.717) is 18.7 Å². The fourth-order valence-corrected chi connectivity index (χ4v) is 4.57. The molecular formula is C28H31F2N3O. The average molecular weight is 464 g/mol. The predicted octanol–water partition coefficient (Wildman–Crippen LogP) is 4.47. The topological polar surface area (TPSA) is 44.4 Å². The summed E-state index contributed by atoms with van der Waals surface area (Å²) in [6.07, 6.45) is 1.55. The third-order valence-corrected chi connectivity index (χ3v) is 6.33. The lowest BCUT2D eigenvalue weighted by Gasteiger charge is -2.37. The van der Waals surface area contributed by atoms with Gasteiger partial charge < -0.3 is 10.6 Å². The second kappa shape index (κ2) is 11.4. The molecule has 1 atom stereocenters. The van der Waals surface area contributed by atoms with Gasteiger partial charge in [0.1, 0.15) is 11.6 Å². The molecule has 0 spiro atoms. The summed E-state index contributed by atoms with van der Waals surface area (Å²) in [4.78, 5) is 14.5. The van der Waals surface area contributed by atoms with E-state index in [0.717, 1.165) is 54.7 Å². The Labute approximate surface area is 200 Å². The van der Waals surface area contributed by atoms with Crippen LogP contribution in [0.15, 0.2) is 66.7 Å². The summed E-state index contributed by atoms with van der Waals surface area (Å²) >= 11 is 0. The summed E-state index contributed by atoms with van der Waals surface area (Å²) in [5.74, 6) is -0.502. The first-order chi connectivity index (χ1) is 16.5. The lowest BCUT2D eigenvalue weighted by atomic mass is 9.90. The highest BCUT2D eigenvalue weighted by molar-refractivity contribution is 5.94. The Bertz CT molecular complexity index is 1120. The molecule has 0 saturated heterocycles. The Morgan fingerprint density at radius 1 is 0.971 bits per heavy atom. The van der Waals surface area contributed by atoms with Gasteiger partial charge in [0.25, 0.3) is 5.91 Å². The third kappa shape index (κ3) is 6.27. The maximum atomic E-state index is 13.8. The Morgan fingerprint density at radius 2 is 1.76 bits per heavy atom. The van der Waals surface area contributed by atoms with E-state index < -0.39 is 0 Å². The Balaban J connectivity index is 1.38. The first-order valence-corrected chi connectivity index (χ1v) is 11.9. The van der Waals surface area contributed by atoms with Crippen LogP contribution < -0.4 is 10.6 Å². The molecule has 0 radical (unpaired) electrons. The number of rotatable bonds is 9. The highest BCUT2D eigenvalue weighted by Gasteiger charge is 2.26. The monoisotopic (exact) mass is 463 g/mol. The molecule has 0 saturated carbocycles. The second-order valence-corrected chi connectivity index (χ2v) is 8.81. The number of hydrogen-bond acceptors (Lipinski definition) is 3. The minimum Gasteiger partial charge on any atom is -0.352 e. The standard InChI is InChI=1S/C28H31F2N3O/c1-2-32-28(34)22-5-3-4-21(14-22)18-31-12-13-33-19-23-8-11-26(30)16-24(23)17-27(33)15-20-6-9-25(29)10-7-20/h3-11,14,16,27,31H,2,12-13,15,17-19H2,1H3,(H,32,34). The molecule has 1 amide bonds. The van der Waals surface area contributed by atoms with E-state index in [2.05, 4.69) is 15.5 Å². The summed E-state index contributed by atoms with van der Waals surface area (Å²) in [5.41, 5.74) is 5.02. The maximum Gasteiger partial charge on any atom is 0.251 e. The van der Waals surface area contributed by atoms with Crippen LogP contribution in [0.2, 0.25) is 0 Å². The molecule has 1 aliphatic heterocycles. The zero-order valence-electron chi connectivity index (χ0n) is 19.5. The summed E-state index contributed by atoms with van der Waals surface area (Å²) in [6, 6.07) is 19.6. The van der Waals surface area contributed by atoms with E-state index in [1.165, 1.54) is 18.2 Å². The van der Waals surface area contributed by atoms with Gasteiger partial charge >= 0.3 is 0 Å². The third-order valence-electron chi connectivity index (χ3n) is 6.33. The van der Waals surface area contributed by atoms with Gasteiger partial charge in [0.2, 0.25) is 0 Å². The van der Waals surface area contributed by atoms with Crippen LogP contribution in [-0.4, -0.2) is 36.5 Å². The van der Waals surface area contributed by atoms with Crippen molar-refractivity contribution in [2.24, 2.45) is 0 Å². The number of halogens is 2. The van der Waals surface area contributed by atoms with Crippen LogP contribution in [-0.2, 0) is 25.9 Å². The summed E-state index contributed by atoms with van der Waals surface area (Å²) < 4.78 is 27.2. The van der Waals surface area contributed by atoms with Crippen molar-refractivity contribution in [1.82, 2.24) is 15.5 Å². The van der Waals surface area contributed by atoms with Crippen molar-refractivity contribution in [2.45, 2.75) is 38.9 Å². The maximum absolute atomic E-state index is 13.8. The number of amides is 1. The molecule has 0 bridgehead atoms. The van der Waals surface area contributed by atoms with Crippen molar-refractivity contribution < 1.29 is 13.6 Å². The lowest BCUT2D eigenvalue weighted by Crippen LogP contribution is -2.44.